The molecule has 0 radical (unpaired) electrons. The first-order valence-corrected chi connectivity index (χ1v) is 9.29. The minimum absolute atomic E-state index is 0.0682. The molecule has 1 fully saturated rings. The Morgan fingerprint density at radius 3 is 2.84 bits per heavy atom. The summed E-state index contributed by atoms with van der Waals surface area (Å²) in [4.78, 5) is 19.1. The maximum atomic E-state index is 12.3. The Hall–Kier alpha value is -2.38. The molecule has 0 saturated carbocycles. The Labute approximate surface area is 149 Å². The van der Waals surface area contributed by atoms with Crippen LogP contribution in [-0.2, 0) is 0 Å². The van der Waals surface area contributed by atoms with E-state index in [1.807, 2.05) is 36.4 Å². The van der Waals surface area contributed by atoms with Crippen LogP contribution in [0.4, 0.5) is 9.93 Å². The summed E-state index contributed by atoms with van der Waals surface area (Å²) in [5.41, 5.74) is 0.897. The Balaban J connectivity index is 1.39. The monoisotopic (exact) mass is 356 g/mol. The number of para-hydroxylation sites is 1. The summed E-state index contributed by atoms with van der Waals surface area (Å²) in [5.74, 6) is 0.891. The van der Waals surface area contributed by atoms with E-state index in [0.29, 0.717) is 11.7 Å². The van der Waals surface area contributed by atoms with E-state index >= 15 is 0 Å². The Morgan fingerprint density at radius 2 is 2.08 bits per heavy atom. The molecule has 0 spiro atoms. The van der Waals surface area contributed by atoms with Crippen molar-refractivity contribution in [2.24, 2.45) is 0 Å². The molecule has 1 aliphatic heterocycles. The number of rotatable bonds is 5. The second-order valence-electron chi connectivity index (χ2n) is 6.10. The summed E-state index contributed by atoms with van der Waals surface area (Å²) in [7, 11) is 0. The molecule has 1 atom stereocenters. The maximum absolute atomic E-state index is 12.3. The van der Waals surface area contributed by atoms with Crippen LogP contribution in [0.5, 0.6) is 0 Å². The highest BCUT2D eigenvalue weighted by Gasteiger charge is 2.26. The van der Waals surface area contributed by atoms with Crippen molar-refractivity contribution in [3.63, 3.8) is 0 Å². The number of benzene rings is 1. The molecule has 1 unspecified atom stereocenters. The number of carbonyl (C=O) groups is 1. The molecule has 3 heterocycles. The second kappa shape index (κ2) is 7.25. The van der Waals surface area contributed by atoms with Gasteiger partial charge in [-0.25, -0.2) is 9.78 Å². The van der Waals surface area contributed by atoms with Gasteiger partial charge in [0.05, 0.1) is 22.5 Å². The average Bonchev–Trinajstić information content (AvgIpc) is 3.36. The number of anilines is 1. The quantitative estimate of drug-likeness (QED) is 0.728. The van der Waals surface area contributed by atoms with Crippen LogP contribution in [0.1, 0.15) is 24.6 Å². The Kier molecular flexibility index (Phi) is 4.67. The van der Waals surface area contributed by atoms with Crippen molar-refractivity contribution in [2.75, 3.05) is 25.0 Å². The summed E-state index contributed by atoms with van der Waals surface area (Å²) in [6, 6.07) is 11.5. The minimum atomic E-state index is -0.241. The lowest BCUT2D eigenvalue weighted by Crippen LogP contribution is -2.38. The summed E-state index contributed by atoms with van der Waals surface area (Å²) in [6.45, 7) is 2.57. The van der Waals surface area contributed by atoms with E-state index in [1.54, 1.807) is 6.26 Å². The number of amides is 2. The fraction of sp³-hybridized carbons (Fsp3) is 0.333. The van der Waals surface area contributed by atoms with Gasteiger partial charge in [-0.2, -0.15) is 0 Å². The van der Waals surface area contributed by atoms with Crippen molar-refractivity contribution in [3.8, 4) is 0 Å². The first-order valence-electron chi connectivity index (χ1n) is 8.47. The van der Waals surface area contributed by atoms with Gasteiger partial charge in [0, 0.05) is 6.54 Å². The summed E-state index contributed by atoms with van der Waals surface area (Å²) >= 11 is 1.47. The standard InChI is InChI=1S/C18H20N4O2S/c23-17(21-18-20-13-6-1-2-8-16(13)25-18)19-12-14(15-7-5-11-24-15)22-9-3-4-10-22/h1-2,5-8,11,14H,3-4,9-10,12H2,(H2,19,20,21,23). The molecule has 1 aromatic carbocycles. The van der Waals surface area contributed by atoms with Crippen LogP contribution in [-0.4, -0.2) is 35.5 Å². The molecule has 0 aliphatic carbocycles. The largest absolute Gasteiger partial charge is 0.468 e. The molecular weight excluding hydrogens is 336 g/mol. The first kappa shape index (κ1) is 16.1. The van der Waals surface area contributed by atoms with Crippen molar-refractivity contribution in [1.82, 2.24) is 15.2 Å². The average molecular weight is 356 g/mol. The highest BCUT2D eigenvalue weighted by atomic mass is 32.1. The lowest BCUT2D eigenvalue weighted by Gasteiger charge is -2.25. The molecule has 2 N–H and O–H groups in total. The highest BCUT2D eigenvalue weighted by molar-refractivity contribution is 7.22. The molecular formula is C18H20N4O2S. The molecule has 2 aromatic heterocycles. The number of nitrogens with zero attached hydrogens (tertiary/aromatic N) is 2. The van der Waals surface area contributed by atoms with Crippen LogP contribution in [0.3, 0.4) is 0 Å². The van der Waals surface area contributed by atoms with E-state index < -0.39 is 0 Å². The SMILES string of the molecule is O=C(NCC(c1ccco1)N1CCCC1)Nc1nc2ccccc2s1. The smallest absolute Gasteiger partial charge is 0.321 e. The molecule has 2 amide bonds. The van der Waals surface area contributed by atoms with E-state index in [0.717, 1.165) is 29.1 Å². The number of furan rings is 1. The minimum Gasteiger partial charge on any atom is -0.468 e. The number of aromatic nitrogens is 1. The van der Waals surface area contributed by atoms with Gasteiger partial charge in [-0.15, -0.1) is 0 Å². The van der Waals surface area contributed by atoms with Gasteiger partial charge in [-0.3, -0.25) is 10.2 Å². The molecule has 3 aromatic rings. The number of likely N-dealkylation sites (tertiary alicyclic amines) is 1. The number of hydrogen-bond acceptors (Lipinski definition) is 5. The molecule has 1 saturated heterocycles. The summed E-state index contributed by atoms with van der Waals surface area (Å²) in [6.07, 6.45) is 4.06. The normalized spacial score (nSPS) is 16.2. The van der Waals surface area contributed by atoms with Crippen molar-refractivity contribution in [1.29, 1.82) is 0 Å². The predicted molar refractivity (Wildman–Crippen MR) is 98.9 cm³/mol. The number of thiazole rings is 1. The van der Waals surface area contributed by atoms with Crippen LogP contribution in [0.25, 0.3) is 10.2 Å². The second-order valence-corrected chi connectivity index (χ2v) is 7.13. The third-order valence-corrected chi connectivity index (χ3v) is 5.38. The number of fused-ring (bicyclic) bond motifs is 1. The maximum Gasteiger partial charge on any atom is 0.321 e. The van der Waals surface area contributed by atoms with Gasteiger partial charge in [0.15, 0.2) is 5.13 Å². The first-order chi connectivity index (χ1) is 12.3. The number of nitrogens with one attached hydrogen (secondary N) is 2. The fourth-order valence-corrected chi connectivity index (χ4v) is 4.06. The summed E-state index contributed by atoms with van der Waals surface area (Å²) < 4.78 is 6.63. The third kappa shape index (κ3) is 3.67. The van der Waals surface area contributed by atoms with Gasteiger partial charge >= 0.3 is 6.03 Å². The fourth-order valence-electron chi connectivity index (χ4n) is 3.20. The molecule has 4 rings (SSSR count). The van der Waals surface area contributed by atoms with Gasteiger partial charge in [0.1, 0.15) is 5.76 Å². The van der Waals surface area contributed by atoms with Crippen molar-refractivity contribution < 1.29 is 9.21 Å². The van der Waals surface area contributed by atoms with Gasteiger partial charge in [-0.05, 0) is 50.2 Å². The molecule has 7 heteroatoms. The van der Waals surface area contributed by atoms with Gasteiger partial charge in [0.25, 0.3) is 0 Å². The lowest BCUT2D eigenvalue weighted by molar-refractivity contribution is 0.207. The van der Waals surface area contributed by atoms with Crippen LogP contribution < -0.4 is 10.6 Å². The zero-order valence-electron chi connectivity index (χ0n) is 13.8. The molecule has 6 nitrogen and oxygen atoms in total. The predicted octanol–water partition coefficient (Wildman–Crippen LogP) is 3.85. The van der Waals surface area contributed by atoms with Crippen LogP contribution >= 0.6 is 11.3 Å². The molecule has 0 bridgehead atoms. The number of urea groups is 1. The topological polar surface area (TPSA) is 70.4 Å². The number of carbonyl (C=O) groups excluding carboxylic acids is 1. The third-order valence-electron chi connectivity index (χ3n) is 4.42. The zero-order chi connectivity index (χ0) is 17.1. The number of hydrogen-bond donors (Lipinski definition) is 2. The van der Waals surface area contributed by atoms with Gasteiger partial charge < -0.3 is 9.73 Å². The highest BCUT2D eigenvalue weighted by Crippen LogP contribution is 2.26. The molecule has 1 aliphatic rings. The van der Waals surface area contributed by atoms with Crippen LogP contribution in [0.2, 0.25) is 0 Å². The summed E-state index contributed by atoms with van der Waals surface area (Å²) in [5, 5.41) is 6.39. The van der Waals surface area contributed by atoms with Gasteiger partial charge in [0.2, 0.25) is 0 Å². The van der Waals surface area contributed by atoms with E-state index in [-0.39, 0.29) is 12.1 Å². The van der Waals surface area contributed by atoms with E-state index in [4.69, 9.17) is 4.42 Å². The zero-order valence-corrected chi connectivity index (χ0v) is 14.6. The molecule has 130 valence electrons. The van der Waals surface area contributed by atoms with E-state index in [2.05, 4.69) is 20.5 Å². The van der Waals surface area contributed by atoms with E-state index in [1.165, 1.54) is 24.2 Å². The van der Waals surface area contributed by atoms with Crippen molar-refractivity contribution in [2.45, 2.75) is 18.9 Å². The van der Waals surface area contributed by atoms with E-state index in [9.17, 15) is 4.79 Å². The Morgan fingerprint density at radius 1 is 1.24 bits per heavy atom. The van der Waals surface area contributed by atoms with Gasteiger partial charge in [-0.1, -0.05) is 23.5 Å². The Bertz CT molecular complexity index is 807. The van der Waals surface area contributed by atoms with Crippen molar-refractivity contribution >= 4 is 32.7 Å². The van der Waals surface area contributed by atoms with Crippen LogP contribution in [0.15, 0.2) is 47.1 Å². The van der Waals surface area contributed by atoms with Crippen LogP contribution in [0, 0.1) is 0 Å². The van der Waals surface area contributed by atoms with Crippen molar-refractivity contribution in [3.05, 3.63) is 48.4 Å². The lowest BCUT2D eigenvalue weighted by atomic mass is 10.2. The molecule has 25 heavy (non-hydrogen) atoms.